The molecule has 3 rings (SSSR count). The van der Waals surface area contributed by atoms with Crippen LogP contribution in [0.4, 0.5) is 10.8 Å². The van der Waals surface area contributed by atoms with Gasteiger partial charge >= 0.3 is 0 Å². The van der Waals surface area contributed by atoms with Crippen LogP contribution in [0, 0.1) is 0 Å². The van der Waals surface area contributed by atoms with Crippen LogP contribution in [0.15, 0.2) is 40.7 Å². The highest BCUT2D eigenvalue weighted by Crippen LogP contribution is 2.20. The number of para-hydroxylation sites is 1. The number of rotatable bonds is 5. The van der Waals surface area contributed by atoms with Crippen molar-refractivity contribution < 1.29 is 0 Å². The number of hydrogen-bond donors (Lipinski definition) is 2. The number of aliphatic imine (C=N–C) groups is 1. The van der Waals surface area contributed by atoms with E-state index in [1.807, 2.05) is 26.0 Å². The molecule has 2 N–H and O–H groups in total. The van der Waals surface area contributed by atoms with Crippen molar-refractivity contribution in [2.45, 2.75) is 25.4 Å². The molecule has 1 saturated heterocycles. The Morgan fingerprint density at radius 3 is 2.85 bits per heavy atom. The molecule has 26 heavy (non-hydrogen) atoms. The van der Waals surface area contributed by atoms with Gasteiger partial charge in [-0.15, -0.1) is 11.3 Å². The van der Waals surface area contributed by atoms with Crippen molar-refractivity contribution in [1.82, 2.24) is 15.6 Å². The third-order valence-electron chi connectivity index (χ3n) is 4.47. The number of anilines is 2. The summed E-state index contributed by atoms with van der Waals surface area (Å²) in [6.45, 7) is 2.78. The van der Waals surface area contributed by atoms with Gasteiger partial charge in [-0.1, -0.05) is 18.2 Å². The highest BCUT2D eigenvalue weighted by atomic mass is 32.1. The molecule has 1 aliphatic rings. The Labute approximate surface area is 160 Å². The van der Waals surface area contributed by atoms with E-state index in [9.17, 15) is 0 Å². The summed E-state index contributed by atoms with van der Waals surface area (Å²) in [7, 11) is 5.84. The van der Waals surface area contributed by atoms with Crippen molar-refractivity contribution in [3.63, 3.8) is 0 Å². The van der Waals surface area contributed by atoms with Crippen LogP contribution in [0.5, 0.6) is 0 Å². The van der Waals surface area contributed by atoms with Gasteiger partial charge in [-0.3, -0.25) is 4.99 Å². The summed E-state index contributed by atoms with van der Waals surface area (Å²) in [5.74, 6) is 0.837. The maximum atomic E-state index is 4.61. The van der Waals surface area contributed by atoms with Crippen molar-refractivity contribution in [1.29, 1.82) is 0 Å². The summed E-state index contributed by atoms with van der Waals surface area (Å²) in [4.78, 5) is 13.5. The van der Waals surface area contributed by atoms with Crippen molar-refractivity contribution >= 4 is 28.1 Å². The van der Waals surface area contributed by atoms with Crippen LogP contribution in [-0.4, -0.2) is 51.2 Å². The minimum Gasteiger partial charge on any atom is -0.369 e. The number of thiazole rings is 1. The Bertz CT molecular complexity index is 712. The van der Waals surface area contributed by atoms with Crippen LogP contribution in [0.25, 0.3) is 0 Å². The second-order valence-corrected chi connectivity index (χ2v) is 7.54. The van der Waals surface area contributed by atoms with Gasteiger partial charge in [0.05, 0.1) is 12.2 Å². The monoisotopic (exact) mass is 372 g/mol. The van der Waals surface area contributed by atoms with Gasteiger partial charge in [0.1, 0.15) is 0 Å². The molecular formula is C19H28N6S. The van der Waals surface area contributed by atoms with Crippen molar-refractivity contribution in [3.8, 4) is 0 Å². The number of benzene rings is 1. The molecule has 0 amide bonds. The highest BCUT2D eigenvalue weighted by Gasteiger charge is 2.20. The molecule has 7 heteroatoms. The highest BCUT2D eigenvalue weighted by molar-refractivity contribution is 7.13. The molecule has 1 aromatic carbocycles. The van der Waals surface area contributed by atoms with Crippen LogP contribution in [0.1, 0.15) is 18.5 Å². The van der Waals surface area contributed by atoms with E-state index in [0.29, 0.717) is 12.6 Å². The predicted octanol–water partition coefficient (Wildman–Crippen LogP) is 2.54. The summed E-state index contributed by atoms with van der Waals surface area (Å²) in [6, 6.07) is 11.0. The molecule has 0 bridgehead atoms. The Morgan fingerprint density at radius 1 is 1.35 bits per heavy atom. The van der Waals surface area contributed by atoms with Crippen LogP contribution in [0.3, 0.4) is 0 Å². The lowest BCUT2D eigenvalue weighted by Crippen LogP contribution is -2.51. The second kappa shape index (κ2) is 8.89. The van der Waals surface area contributed by atoms with Crippen LogP contribution in [0.2, 0.25) is 0 Å². The fourth-order valence-corrected chi connectivity index (χ4v) is 3.87. The number of aromatic nitrogens is 1. The van der Waals surface area contributed by atoms with E-state index in [2.05, 4.69) is 61.2 Å². The average Bonchev–Trinajstić information content (AvgIpc) is 3.15. The van der Waals surface area contributed by atoms with Crippen LogP contribution < -0.4 is 20.4 Å². The number of hydrogen-bond acceptors (Lipinski definition) is 5. The molecule has 6 nitrogen and oxygen atoms in total. The topological polar surface area (TPSA) is 55.8 Å². The van der Waals surface area contributed by atoms with Gasteiger partial charge in [0.15, 0.2) is 11.1 Å². The van der Waals surface area contributed by atoms with E-state index >= 15 is 0 Å². The van der Waals surface area contributed by atoms with Gasteiger partial charge in [-0.05, 0) is 25.0 Å². The lowest BCUT2D eigenvalue weighted by Gasteiger charge is -2.35. The van der Waals surface area contributed by atoms with Crippen molar-refractivity contribution in [2.24, 2.45) is 4.99 Å². The zero-order valence-electron chi connectivity index (χ0n) is 15.8. The van der Waals surface area contributed by atoms with Crippen molar-refractivity contribution in [2.75, 3.05) is 44.0 Å². The van der Waals surface area contributed by atoms with E-state index in [0.717, 1.165) is 36.3 Å². The molecule has 0 aliphatic carbocycles. The van der Waals surface area contributed by atoms with Gasteiger partial charge in [0.25, 0.3) is 0 Å². The molecule has 1 aromatic heterocycles. The quantitative estimate of drug-likeness (QED) is 0.624. The Morgan fingerprint density at radius 2 is 2.15 bits per heavy atom. The lowest BCUT2D eigenvalue weighted by molar-refractivity contribution is 0.468. The molecule has 0 radical (unpaired) electrons. The van der Waals surface area contributed by atoms with Gasteiger partial charge < -0.3 is 20.4 Å². The Balaban J connectivity index is 1.52. The number of piperidine rings is 1. The molecule has 1 aliphatic heterocycles. The minimum absolute atomic E-state index is 0.392. The summed E-state index contributed by atoms with van der Waals surface area (Å²) >= 11 is 1.66. The van der Waals surface area contributed by atoms with Crippen molar-refractivity contribution in [3.05, 3.63) is 41.4 Å². The second-order valence-electron chi connectivity index (χ2n) is 6.71. The predicted molar refractivity (Wildman–Crippen MR) is 111 cm³/mol. The van der Waals surface area contributed by atoms with Gasteiger partial charge in [0.2, 0.25) is 0 Å². The first-order valence-corrected chi connectivity index (χ1v) is 9.92. The van der Waals surface area contributed by atoms with E-state index in [-0.39, 0.29) is 0 Å². The first-order valence-electron chi connectivity index (χ1n) is 9.04. The lowest BCUT2D eigenvalue weighted by atomic mass is 10.1. The minimum atomic E-state index is 0.392. The van der Waals surface area contributed by atoms with E-state index in [1.54, 1.807) is 11.3 Å². The molecular weight excluding hydrogens is 344 g/mol. The molecule has 140 valence electrons. The first-order chi connectivity index (χ1) is 12.7. The molecule has 1 atom stereocenters. The van der Waals surface area contributed by atoms with E-state index in [1.165, 1.54) is 12.1 Å². The average molecular weight is 373 g/mol. The Hall–Kier alpha value is -2.28. The summed E-state index contributed by atoms with van der Waals surface area (Å²) in [5.41, 5.74) is 2.33. The SMILES string of the molecule is CN=C(NCc1csc(N(C)C)n1)NC1CCCN(c2ccccc2)C1. The van der Waals surface area contributed by atoms with E-state index in [4.69, 9.17) is 0 Å². The molecule has 0 spiro atoms. The first kappa shape index (κ1) is 18.5. The molecule has 1 unspecified atom stereocenters. The van der Waals surface area contributed by atoms with Crippen LogP contribution >= 0.6 is 11.3 Å². The fraction of sp³-hybridized carbons (Fsp3) is 0.474. The summed E-state index contributed by atoms with van der Waals surface area (Å²) in [5, 5.41) is 10.1. The smallest absolute Gasteiger partial charge is 0.191 e. The third kappa shape index (κ3) is 4.88. The third-order valence-corrected chi connectivity index (χ3v) is 5.52. The zero-order valence-corrected chi connectivity index (χ0v) is 16.6. The zero-order chi connectivity index (χ0) is 18.4. The normalized spacial score (nSPS) is 17.9. The number of guanidine groups is 1. The maximum Gasteiger partial charge on any atom is 0.191 e. The van der Waals surface area contributed by atoms with E-state index < -0.39 is 0 Å². The molecule has 1 fully saturated rings. The maximum absolute atomic E-state index is 4.61. The fourth-order valence-electron chi connectivity index (χ4n) is 3.11. The summed E-state index contributed by atoms with van der Waals surface area (Å²) < 4.78 is 0. The number of nitrogens with one attached hydrogen (secondary N) is 2. The Kier molecular flexibility index (Phi) is 6.33. The summed E-state index contributed by atoms with van der Waals surface area (Å²) in [6.07, 6.45) is 2.34. The van der Waals surface area contributed by atoms with Gasteiger partial charge in [0, 0.05) is 51.3 Å². The van der Waals surface area contributed by atoms with Gasteiger partial charge in [-0.25, -0.2) is 4.98 Å². The molecule has 2 aromatic rings. The standard InChI is InChI=1S/C19H28N6S/c1-20-18(21-12-16-14-26-19(23-16)24(2)3)22-15-8-7-11-25(13-15)17-9-5-4-6-10-17/h4-6,9-10,14-15H,7-8,11-13H2,1-3H3,(H2,20,21,22). The van der Waals surface area contributed by atoms with Gasteiger partial charge in [-0.2, -0.15) is 0 Å². The molecule has 2 heterocycles. The molecule has 0 saturated carbocycles. The van der Waals surface area contributed by atoms with Crippen LogP contribution in [-0.2, 0) is 6.54 Å². The number of nitrogens with zero attached hydrogens (tertiary/aromatic N) is 4. The largest absolute Gasteiger partial charge is 0.369 e.